The number of rotatable bonds is 16. The monoisotopic (exact) mass is 340 g/mol. The molecule has 2 aliphatic carbocycles. The first kappa shape index (κ1) is 20.2. The molecular weight excluding hydrogens is 300 g/mol. The highest BCUT2D eigenvalue weighted by Gasteiger charge is 2.41. The molecule has 0 unspecified atom stereocenters. The molecule has 0 heterocycles. The second-order valence-electron chi connectivity index (χ2n) is 8.80. The Morgan fingerprint density at radius 2 is 0.958 bits per heavy atom. The van der Waals surface area contributed by atoms with Gasteiger partial charge in [0.15, 0.2) is 0 Å². The smallest absolute Gasteiger partial charge is 0.0540 e. The normalized spacial score (nSPS) is 20.5. The highest BCUT2D eigenvalue weighted by atomic mass is 16.3. The summed E-state index contributed by atoms with van der Waals surface area (Å²) in [6.45, 7) is 0.670. The van der Waals surface area contributed by atoms with E-state index in [1.165, 1.54) is 64.2 Å². The summed E-state index contributed by atoms with van der Waals surface area (Å²) in [6, 6.07) is 0. The lowest BCUT2D eigenvalue weighted by molar-refractivity contribution is 0.145. The van der Waals surface area contributed by atoms with Gasteiger partial charge < -0.3 is 15.3 Å². The van der Waals surface area contributed by atoms with Crippen molar-refractivity contribution in [3.8, 4) is 0 Å². The van der Waals surface area contributed by atoms with Crippen LogP contribution in [0.5, 0.6) is 0 Å². The minimum Gasteiger partial charge on any atom is -0.396 e. The number of aliphatic hydroxyl groups excluding tert-OH is 3. The molecule has 3 heteroatoms. The Labute approximate surface area is 148 Å². The van der Waals surface area contributed by atoms with Crippen LogP contribution in [0, 0.1) is 10.8 Å². The van der Waals surface area contributed by atoms with E-state index in [0.717, 1.165) is 38.5 Å². The second kappa shape index (κ2) is 10.1. The quantitative estimate of drug-likeness (QED) is 0.361. The van der Waals surface area contributed by atoms with Gasteiger partial charge in [-0.15, -0.1) is 0 Å². The van der Waals surface area contributed by atoms with Crippen LogP contribution in [0.1, 0.15) is 103 Å². The minimum atomic E-state index is -0.106. The third-order valence-electron chi connectivity index (χ3n) is 6.63. The standard InChI is InChI=1S/C21H40O3/c22-17-5-11-20(13-14-20)9-3-1-7-19(24)8-2-4-10-21(15-16-21)12-6-18-23/h19,22-24H,1-18H2. The molecule has 0 atom stereocenters. The molecule has 3 N–H and O–H groups in total. The maximum Gasteiger partial charge on any atom is 0.0540 e. The van der Waals surface area contributed by atoms with Gasteiger partial charge in [0.2, 0.25) is 0 Å². The molecule has 24 heavy (non-hydrogen) atoms. The van der Waals surface area contributed by atoms with Crippen molar-refractivity contribution in [2.24, 2.45) is 10.8 Å². The Morgan fingerprint density at radius 3 is 1.29 bits per heavy atom. The fourth-order valence-electron chi connectivity index (χ4n) is 4.42. The fourth-order valence-corrected chi connectivity index (χ4v) is 4.42. The van der Waals surface area contributed by atoms with Crippen molar-refractivity contribution < 1.29 is 15.3 Å². The average molecular weight is 341 g/mol. The number of unbranched alkanes of at least 4 members (excludes halogenated alkanes) is 2. The molecular formula is C21H40O3. The maximum atomic E-state index is 10.2. The van der Waals surface area contributed by atoms with Crippen molar-refractivity contribution >= 4 is 0 Å². The van der Waals surface area contributed by atoms with Crippen LogP contribution >= 0.6 is 0 Å². The van der Waals surface area contributed by atoms with Gasteiger partial charge in [-0.2, -0.15) is 0 Å². The molecule has 2 saturated carbocycles. The summed E-state index contributed by atoms with van der Waals surface area (Å²) in [5.74, 6) is 0. The third kappa shape index (κ3) is 7.41. The Morgan fingerprint density at radius 1 is 0.583 bits per heavy atom. The van der Waals surface area contributed by atoms with E-state index in [1.807, 2.05) is 0 Å². The largest absolute Gasteiger partial charge is 0.396 e. The van der Waals surface area contributed by atoms with Gasteiger partial charge in [0.25, 0.3) is 0 Å². The van der Waals surface area contributed by atoms with E-state index >= 15 is 0 Å². The molecule has 0 radical (unpaired) electrons. The molecule has 0 spiro atoms. The van der Waals surface area contributed by atoms with Gasteiger partial charge in [0.05, 0.1) is 6.10 Å². The van der Waals surface area contributed by atoms with Crippen molar-refractivity contribution in [3.63, 3.8) is 0 Å². The molecule has 0 aromatic heterocycles. The lowest BCUT2D eigenvalue weighted by atomic mass is 9.91. The summed E-state index contributed by atoms with van der Waals surface area (Å²) in [5.41, 5.74) is 1.14. The van der Waals surface area contributed by atoms with Crippen LogP contribution < -0.4 is 0 Å². The van der Waals surface area contributed by atoms with E-state index in [-0.39, 0.29) is 6.10 Å². The van der Waals surface area contributed by atoms with Crippen LogP contribution in [0.4, 0.5) is 0 Å². The lowest BCUT2D eigenvalue weighted by Crippen LogP contribution is -2.08. The van der Waals surface area contributed by atoms with Crippen molar-refractivity contribution in [2.75, 3.05) is 13.2 Å². The van der Waals surface area contributed by atoms with E-state index in [1.54, 1.807) is 0 Å². The Balaban J connectivity index is 1.42. The molecule has 0 amide bonds. The highest BCUT2D eigenvalue weighted by Crippen LogP contribution is 2.54. The van der Waals surface area contributed by atoms with Crippen molar-refractivity contribution in [2.45, 2.75) is 109 Å². The van der Waals surface area contributed by atoms with Gasteiger partial charge in [-0.05, 0) is 87.9 Å². The summed E-state index contributed by atoms with van der Waals surface area (Å²) >= 11 is 0. The first-order valence-corrected chi connectivity index (χ1v) is 10.5. The van der Waals surface area contributed by atoms with Gasteiger partial charge in [0.1, 0.15) is 0 Å². The highest BCUT2D eigenvalue weighted by molar-refractivity contribution is 4.93. The fraction of sp³-hybridized carbons (Fsp3) is 1.00. The Hall–Kier alpha value is -0.120. The van der Waals surface area contributed by atoms with Crippen LogP contribution in [0.15, 0.2) is 0 Å². The zero-order chi connectivity index (χ0) is 17.3. The van der Waals surface area contributed by atoms with E-state index < -0.39 is 0 Å². The summed E-state index contributed by atoms with van der Waals surface area (Å²) < 4.78 is 0. The Kier molecular flexibility index (Phi) is 8.53. The molecule has 0 bridgehead atoms. The third-order valence-corrected chi connectivity index (χ3v) is 6.63. The molecule has 0 saturated heterocycles. The molecule has 142 valence electrons. The average Bonchev–Trinajstić information content (AvgIpc) is 3.50. The van der Waals surface area contributed by atoms with Crippen LogP contribution in [0.3, 0.4) is 0 Å². The van der Waals surface area contributed by atoms with E-state index in [4.69, 9.17) is 10.2 Å². The summed E-state index contributed by atoms with van der Waals surface area (Å²) in [4.78, 5) is 0. The van der Waals surface area contributed by atoms with Crippen molar-refractivity contribution in [1.29, 1.82) is 0 Å². The van der Waals surface area contributed by atoms with E-state index in [0.29, 0.717) is 24.0 Å². The summed E-state index contributed by atoms with van der Waals surface area (Å²) in [5, 5.41) is 28.1. The SMILES string of the molecule is OCCCC1(CCCCC(O)CCCCC2(CCCO)CC2)CC1. The van der Waals surface area contributed by atoms with Gasteiger partial charge in [-0.3, -0.25) is 0 Å². The predicted octanol–water partition coefficient (Wildman–Crippen LogP) is 4.57. The van der Waals surface area contributed by atoms with Crippen molar-refractivity contribution in [1.82, 2.24) is 0 Å². The summed E-state index contributed by atoms with van der Waals surface area (Å²) in [6.07, 6.45) is 19.0. The van der Waals surface area contributed by atoms with Crippen LogP contribution in [-0.2, 0) is 0 Å². The molecule has 2 fully saturated rings. The van der Waals surface area contributed by atoms with Crippen LogP contribution in [0.25, 0.3) is 0 Å². The summed E-state index contributed by atoms with van der Waals surface area (Å²) in [7, 11) is 0. The Bertz CT molecular complexity index is 302. The molecule has 3 nitrogen and oxygen atoms in total. The van der Waals surface area contributed by atoms with Crippen LogP contribution in [0.2, 0.25) is 0 Å². The van der Waals surface area contributed by atoms with Gasteiger partial charge in [-0.25, -0.2) is 0 Å². The molecule has 2 rings (SSSR count). The number of hydrogen-bond donors (Lipinski definition) is 3. The number of hydrogen-bond acceptors (Lipinski definition) is 3. The predicted molar refractivity (Wildman–Crippen MR) is 98.9 cm³/mol. The zero-order valence-corrected chi connectivity index (χ0v) is 15.6. The molecule has 2 aliphatic rings. The second-order valence-corrected chi connectivity index (χ2v) is 8.80. The first-order chi connectivity index (χ1) is 11.6. The maximum absolute atomic E-state index is 10.2. The topological polar surface area (TPSA) is 60.7 Å². The first-order valence-electron chi connectivity index (χ1n) is 10.5. The zero-order valence-electron chi connectivity index (χ0n) is 15.6. The van der Waals surface area contributed by atoms with Gasteiger partial charge in [-0.1, -0.05) is 25.7 Å². The van der Waals surface area contributed by atoms with E-state index in [9.17, 15) is 5.11 Å². The number of aliphatic hydroxyl groups is 3. The lowest BCUT2D eigenvalue weighted by Gasteiger charge is -2.16. The molecule has 0 aliphatic heterocycles. The van der Waals surface area contributed by atoms with Crippen LogP contribution in [-0.4, -0.2) is 34.6 Å². The molecule has 0 aromatic rings. The van der Waals surface area contributed by atoms with Crippen molar-refractivity contribution in [3.05, 3.63) is 0 Å². The molecule has 0 aromatic carbocycles. The van der Waals surface area contributed by atoms with Gasteiger partial charge in [0, 0.05) is 13.2 Å². The van der Waals surface area contributed by atoms with Gasteiger partial charge >= 0.3 is 0 Å². The van der Waals surface area contributed by atoms with E-state index in [2.05, 4.69) is 0 Å². The minimum absolute atomic E-state index is 0.106.